The fraction of sp³-hybridized carbons (Fsp3) is 0.143. The third kappa shape index (κ3) is 2.26. The fourth-order valence-corrected chi connectivity index (χ4v) is 0.786. The molecule has 1 aromatic heterocycles. The van der Waals surface area contributed by atoms with E-state index in [2.05, 4.69) is 21.8 Å². The molecular formula is C7H5Cl2N3. The standard InChI is InChI=1S/C7H5Cl2N3/c8-3-1-2-5-7(10)11-4-6(9)12-5/h4H,3H2,(H2,10,11). The van der Waals surface area contributed by atoms with Crippen LogP contribution in [0.4, 0.5) is 5.82 Å². The van der Waals surface area contributed by atoms with Crippen LogP contribution in [0.1, 0.15) is 5.69 Å². The SMILES string of the molecule is Nc1ncc(Cl)nc1C#CCCl. The number of anilines is 1. The van der Waals surface area contributed by atoms with Crippen molar-refractivity contribution in [2.45, 2.75) is 0 Å². The van der Waals surface area contributed by atoms with Gasteiger partial charge in [0, 0.05) is 0 Å². The highest BCUT2D eigenvalue weighted by Crippen LogP contribution is 2.07. The second-order valence-corrected chi connectivity index (χ2v) is 2.52. The van der Waals surface area contributed by atoms with Gasteiger partial charge in [-0.05, 0) is 5.92 Å². The Balaban J connectivity index is 3.05. The molecule has 0 saturated heterocycles. The van der Waals surface area contributed by atoms with Crippen molar-refractivity contribution in [3.8, 4) is 11.8 Å². The van der Waals surface area contributed by atoms with Crippen LogP contribution >= 0.6 is 23.2 Å². The number of rotatable bonds is 0. The van der Waals surface area contributed by atoms with Gasteiger partial charge in [0.25, 0.3) is 0 Å². The fourth-order valence-electron chi connectivity index (χ4n) is 0.586. The summed E-state index contributed by atoms with van der Waals surface area (Å²) >= 11 is 10.9. The van der Waals surface area contributed by atoms with E-state index in [9.17, 15) is 0 Å². The van der Waals surface area contributed by atoms with Crippen molar-refractivity contribution in [1.29, 1.82) is 0 Å². The Morgan fingerprint density at radius 3 is 3.00 bits per heavy atom. The molecule has 12 heavy (non-hydrogen) atoms. The van der Waals surface area contributed by atoms with Gasteiger partial charge in [0.15, 0.2) is 11.5 Å². The van der Waals surface area contributed by atoms with Gasteiger partial charge in [-0.15, -0.1) is 11.6 Å². The molecule has 2 N–H and O–H groups in total. The summed E-state index contributed by atoms with van der Waals surface area (Å²) in [5.74, 6) is 5.74. The Morgan fingerprint density at radius 2 is 2.33 bits per heavy atom. The Labute approximate surface area is 79.9 Å². The first kappa shape index (κ1) is 9.11. The predicted octanol–water partition coefficient (Wildman–Crippen LogP) is 1.30. The van der Waals surface area contributed by atoms with E-state index < -0.39 is 0 Å². The molecule has 0 aliphatic heterocycles. The molecule has 0 amide bonds. The van der Waals surface area contributed by atoms with Crippen LogP contribution in [-0.2, 0) is 0 Å². The molecule has 62 valence electrons. The zero-order valence-electron chi connectivity index (χ0n) is 6.01. The molecule has 0 spiro atoms. The topological polar surface area (TPSA) is 51.8 Å². The highest BCUT2D eigenvalue weighted by atomic mass is 35.5. The minimum Gasteiger partial charge on any atom is -0.381 e. The van der Waals surface area contributed by atoms with E-state index in [-0.39, 0.29) is 16.9 Å². The average Bonchev–Trinajstić information content (AvgIpc) is 2.07. The summed E-state index contributed by atoms with van der Waals surface area (Å²) in [6.45, 7) is 0. The monoisotopic (exact) mass is 201 g/mol. The number of nitrogen functional groups attached to an aromatic ring is 1. The first-order valence-corrected chi connectivity index (χ1v) is 3.98. The maximum Gasteiger partial charge on any atom is 0.158 e. The van der Waals surface area contributed by atoms with Crippen LogP contribution in [0.25, 0.3) is 0 Å². The van der Waals surface area contributed by atoms with Crippen molar-refractivity contribution < 1.29 is 0 Å². The summed E-state index contributed by atoms with van der Waals surface area (Å²) in [7, 11) is 0. The molecule has 0 aliphatic carbocycles. The molecule has 0 unspecified atom stereocenters. The molecule has 0 saturated carbocycles. The molecule has 1 aromatic rings. The first-order valence-electron chi connectivity index (χ1n) is 3.07. The lowest BCUT2D eigenvalue weighted by molar-refractivity contribution is 1.18. The number of hydrogen-bond acceptors (Lipinski definition) is 3. The van der Waals surface area contributed by atoms with Gasteiger partial charge in [-0.3, -0.25) is 0 Å². The van der Waals surface area contributed by atoms with Crippen LogP contribution in [-0.4, -0.2) is 15.8 Å². The summed E-state index contributed by atoms with van der Waals surface area (Å²) in [5.41, 5.74) is 5.82. The second kappa shape index (κ2) is 4.15. The minimum absolute atomic E-state index is 0.230. The van der Waals surface area contributed by atoms with Gasteiger partial charge in [0.1, 0.15) is 5.15 Å². The van der Waals surface area contributed by atoms with E-state index in [1.54, 1.807) is 0 Å². The highest BCUT2D eigenvalue weighted by Gasteiger charge is 1.98. The number of aromatic nitrogens is 2. The summed E-state index contributed by atoms with van der Waals surface area (Å²) in [5, 5.41) is 0.267. The second-order valence-electron chi connectivity index (χ2n) is 1.86. The molecule has 1 rings (SSSR count). The van der Waals surface area contributed by atoms with Crippen molar-refractivity contribution >= 4 is 29.0 Å². The lowest BCUT2D eigenvalue weighted by atomic mass is 10.4. The minimum atomic E-state index is 0.230. The van der Waals surface area contributed by atoms with Gasteiger partial charge in [0.2, 0.25) is 0 Å². The molecule has 1 heterocycles. The molecular weight excluding hydrogens is 197 g/mol. The molecule has 0 bridgehead atoms. The summed E-state index contributed by atoms with van der Waals surface area (Å²) in [4.78, 5) is 7.63. The highest BCUT2D eigenvalue weighted by molar-refractivity contribution is 6.29. The maximum absolute atomic E-state index is 5.57. The average molecular weight is 202 g/mol. The quantitative estimate of drug-likeness (QED) is 0.509. The normalized spacial score (nSPS) is 8.83. The van der Waals surface area contributed by atoms with E-state index in [0.717, 1.165) is 0 Å². The van der Waals surface area contributed by atoms with Gasteiger partial charge in [-0.2, -0.15) is 0 Å². The van der Waals surface area contributed by atoms with Crippen LogP contribution in [0, 0.1) is 11.8 Å². The Kier molecular flexibility index (Phi) is 3.15. The molecule has 0 aliphatic rings. The van der Waals surface area contributed by atoms with Crippen LogP contribution in [0.15, 0.2) is 6.20 Å². The van der Waals surface area contributed by atoms with Crippen LogP contribution in [0.5, 0.6) is 0 Å². The van der Waals surface area contributed by atoms with E-state index in [4.69, 9.17) is 28.9 Å². The number of halogens is 2. The van der Waals surface area contributed by atoms with Crippen LogP contribution in [0.2, 0.25) is 5.15 Å². The van der Waals surface area contributed by atoms with Gasteiger partial charge < -0.3 is 5.73 Å². The third-order valence-electron chi connectivity index (χ3n) is 1.05. The van der Waals surface area contributed by atoms with Crippen molar-refractivity contribution in [3.05, 3.63) is 17.0 Å². The summed E-state index contributed by atoms with van der Waals surface area (Å²) in [6.07, 6.45) is 1.36. The number of alkyl halides is 1. The Morgan fingerprint density at radius 1 is 1.58 bits per heavy atom. The van der Waals surface area contributed by atoms with Crippen molar-refractivity contribution in [2.24, 2.45) is 0 Å². The summed E-state index contributed by atoms with van der Waals surface area (Å²) < 4.78 is 0. The molecule has 0 fully saturated rings. The predicted molar refractivity (Wildman–Crippen MR) is 49.1 cm³/mol. The van der Waals surface area contributed by atoms with Crippen LogP contribution in [0.3, 0.4) is 0 Å². The third-order valence-corrected chi connectivity index (χ3v) is 1.36. The number of nitrogens with zero attached hydrogens (tertiary/aromatic N) is 2. The lowest BCUT2D eigenvalue weighted by Crippen LogP contribution is -1.97. The van der Waals surface area contributed by atoms with E-state index in [1.165, 1.54) is 6.20 Å². The van der Waals surface area contributed by atoms with Gasteiger partial charge in [0.05, 0.1) is 12.1 Å². The van der Waals surface area contributed by atoms with E-state index in [1.807, 2.05) is 0 Å². The van der Waals surface area contributed by atoms with Crippen LogP contribution < -0.4 is 5.73 Å². The van der Waals surface area contributed by atoms with Gasteiger partial charge in [-0.1, -0.05) is 17.5 Å². The molecule has 0 aromatic carbocycles. The summed E-state index contributed by atoms with van der Waals surface area (Å²) in [6, 6.07) is 0. The lowest BCUT2D eigenvalue weighted by Gasteiger charge is -1.94. The van der Waals surface area contributed by atoms with E-state index in [0.29, 0.717) is 5.69 Å². The smallest absolute Gasteiger partial charge is 0.158 e. The number of nitrogens with two attached hydrogens (primary N) is 1. The number of hydrogen-bond donors (Lipinski definition) is 1. The molecule has 5 heteroatoms. The van der Waals surface area contributed by atoms with Gasteiger partial charge in [-0.25, -0.2) is 9.97 Å². The zero-order valence-corrected chi connectivity index (χ0v) is 7.52. The van der Waals surface area contributed by atoms with Crippen molar-refractivity contribution in [3.63, 3.8) is 0 Å². The van der Waals surface area contributed by atoms with E-state index >= 15 is 0 Å². The Bertz CT molecular complexity index is 340. The first-order chi connectivity index (χ1) is 5.74. The van der Waals surface area contributed by atoms with Crippen molar-refractivity contribution in [1.82, 2.24) is 9.97 Å². The molecule has 0 radical (unpaired) electrons. The maximum atomic E-state index is 5.57. The molecule has 0 atom stereocenters. The van der Waals surface area contributed by atoms with Crippen molar-refractivity contribution in [2.75, 3.05) is 11.6 Å². The largest absolute Gasteiger partial charge is 0.381 e. The van der Waals surface area contributed by atoms with Gasteiger partial charge >= 0.3 is 0 Å². The zero-order chi connectivity index (χ0) is 8.97. The Hall–Kier alpha value is -0.980. The molecule has 3 nitrogen and oxygen atoms in total.